The Morgan fingerprint density at radius 2 is 2.21 bits per heavy atom. The van der Waals surface area contributed by atoms with Gasteiger partial charge in [0.15, 0.2) is 0 Å². The summed E-state index contributed by atoms with van der Waals surface area (Å²) in [5, 5.41) is 10.5. The van der Waals surface area contributed by atoms with E-state index in [4.69, 9.17) is 4.74 Å². The largest absolute Gasteiger partial charge is 0.489 e. The van der Waals surface area contributed by atoms with Crippen molar-refractivity contribution in [3.05, 3.63) is 31.9 Å². The van der Waals surface area contributed by atoms with Gasteiger partial charge in [-0.25, -0.2) is 0 Å². The van der Waals surface area contributed by atoms with Gasteiger partial charge in [-0.15, -0.1) is 0 Å². The molecule has 0 unspecified atom stereocenters. The summed E-state index contributed by atoms with van der Waals surface area (Å²) in [6.07, 6.45) is 2.38. The molecule has 1 aliphatic carbocycles. The summed E-state index contributed by atoms with van der Waals surface area (Å²) in [6, 6.07) is 4.68. The zero-order valence-electron chi connectivity index (χ0n) is 7.27. The second kappa shape index (κ2) is 3.72. The maximum absolute atomic E-state index is 10.5. The number of rotatable bonds is 3. The molecule has 74 valence electrons. The standard InChI is InChI=1S/C9H8INO3/c10-8-4-1-6(11(12)13)5-9(8)14-7-2-3-7/h1,4-5,7H,2-3H2. The first kappa shape index (κ1) is 9.70. The van der Waals surface area contributed by atoms with Gasteiger partial charge >= 0.3 is 0 Å². The maximum atomic E-state index is 10.5. The van der Waals surface area contributed by atoms with E-state index in [1.54, 1.807) is 6.07 Å². The van der Waals surface area contributed by atoms with E-state index in [1.165, 1.54) is 12.1 Å². The smallest absolute Gasteiger partial charge is 0.273 e. The van der Waals surface area contributed by atoms with E-state index in [1.807, 2.05) is 0 Å². The summed E-state index contributed by atoms with van der Waals surface area (Å²) in [4.78, 5) is 10.1. The summed E-state index contributed by atoms with van der Waals surface area (Å²) in [6.45, 7) is 0. The lowest BCUT2D eigenvalue weighted by Crippen LogP contribution is -1.98. The van der Waals surface area contributed by atoms with Crippen molar-refractivity contribution in [2.45, 2.75) is 18.9 Å². The summed E-state index contributed by atoms with van der Waals surface area (Å²) < 4.78 is 6.45. The van der Waals surface area contributed by atoms with Crippen LogP contribution in [0.4, 0.5) is 5.69 Å². The average molecular weight is 305 g/mol. The zero-order valence-corrected chi connectivity index (χ0v) is 9.43. The van der Waals surface area contributed by atoms with Crippen LogP contribution in [0.1, 0.15) is 12.8 Å². The Hall–Kier alpha value is -0.850. The molecule has 0 radical (unpaired) electrons. The number of non-ortho nitro benzene ring substituents is 1. The van der Waals surface area contributed by atoms with Gasteiger partial charge < -0.3 is 4.74 Å². The summed E-state index contributed by atoms with van der Waals surface area (Å²) in [5.41, 5.74) is 0.0843. The number of benzene rings is 1. The van der Waals surface area contributed by atoms with Crippen LogP contribution in [0.2, 0.25) is 0 Å². The Kier molecular flexibility index (Phi) is 2.58. The van der Waals surface area contributed by atoms with Gasteiger partial charge in [-0.05, 0) is 41.5 Å². The van der Waals surface area contributed by atoms with Crippen LogP contribution in [-0.2, 0) is 0 Å². The molecule has 0 aromatic heterocycles. The van der Waals surface area contributed by atoms with Gasteiger partial charge in [0.1, 0.15) is 5.75 Å². The van der Waals surface area contributed by atoms with E-state index in [2.05, 4.69) is 22.6 Å². The predicted molar refractivity (Wildman–Crippen MR) is 59.5 cm³/mol. The Morgan fingerprint density at radius 1 is 1.50 bits per heavy atom. The second-order valence-corrected chi connectivity index (χ2v) is 4.35. The average Bonchev–Trinajstić information content (AvgIpc) is 2.92. The molecular weight excluding hydrogens is 297 g/mol. The molecule has 5 heteroatoms. The molecule has 1 aromatic carbocycles. The van der Waals surface area contributed by atoms with Crippen molar-refractivity contribution >= 4 is 28.3 Å². The van der Waals surface area contributed by atoms with Crippen LogP contribution in [0.15, 0.2) is 18.2 Å². The molecule has 2 rings (SSSR count). The highest BCUT2D eigenvalue weighted by Crippen LogP contribution is 2.32. The van der Waals surface area contributed by atoms with Crippen LogP contribution in [0.25, 0.3) is 0 Å². The highest BCUT2D eigenvalue weighted by Gasteiger charge is 2.25. The maximum Gasteiger partial charge on any atom is 0.273 e. The second-order valence-electron chi connectivity index (χ2n) is 3.19. The van der Waals surface area contributed by atoms with Crippen LogP contribution in [0.5, 0.6) is 5.75 Å². The first-order valence-electron chi connectivity index (χ1n) is 4.27. The van der Waals surface area contributed by atoms with Crippen molar-refractivity contribution in [1.82, 2.24) is 0 Å². The SMILES string of the molecule is O=[N+]([O-])c1ccc(I)c(OC2CC2)c1. The Morgan fingerprint density at radius 3 is 2.79 bits per heavy atom. The topological polar surface area (TPSA) is 52.4 Å². The van der Waals surface area contributed by atoms with Crippen molar-refractivity contribution in [3.8, 4) is 5.75 Å². The number of nitrogens with zero attached hydrogens (tertiary/aromatic N) is 1. The number of hydrogen-bond acceptors (Lipinski definition) is 3. The molecule has 0 aliphatic heterocycles. The Bertz CT molecular complexity index is 376. The molecule has 1 aromatic rings. The molecule has 4 nitrogen and oxygen atoms in total. The van der Waals surface area contributed by atoms with Crippen molar-refractivity contribution in [2.75, 3.05) is 0 Å². The molecule has 0 amide bonds. The van der Waals surface area contributed by atoms with Gasteiger partial charge in [0.25, 0.3) is 5.69 Å². The molecule has 0 atom stereocenters. The van der Waals surface area contributed by atoms with Crippen molar-refractivity contribution in [3.63, 3.8) is 0 Å². The molecule has 1 aliphatic rings. The van der Waals surface area contributed by atoms with E-state index >= 15 is 0 Å². The van der Waals surface area contributed by atoms with E-state index < -0.39 is 4.92 Å². The van der Waals surface area contributed by atoms with E-state index in [-0.39, 0.29) is 11.8 Å². The third kappa shape index (κ3) is 2.14. The van der Waals surface area contributed by atoms with Gasteiger partial charge in [-0.1, -0.05) is 0 Å². The lowest BCUT2D eigenvalue weighted by molar-refractivity contribution is -0.385. The normalized spacial score (nSPS) is 15.2. The van der Waals surface area contributed by atoms with Crippen molar-refractivity contribution in [2.24, 2.45) is 0 Å². The zero-order chi connectivity index (χ0) is 10.1. The Balaban J connectivity index is 2.26. The van der Waals surface area contributed by atoms with E-state index in [0.717, 1.165) is 16.4 Å². The lowest BCUT2D eigenvalue weighted by atomic mass is 10.3. The van der Waals surface area contributed by atoms with Crippen molar-refractivity contribution in [1.29, 1.82) is 0 Å². The fraction of sp³-hybridized carbons (Fsp3) is 0.333. The minimum atomic E-state index is -0.407. The first-order valence-corrected chi connectivity index (χ1v) is 5.35. The van der Waals surface area contributed by atoms with Gasteiger partial charge in [0.05, 0.1) is 20.7 Å². The minimum absolute atomic E-state index is 0.0843. The minimum Gasteiger partial charge on any atom is -0.489 e. The van der Waals surface area contributed by atoms with Crippen LogP contribution in [0.3, 0.4) is 0 Å². The van der Waals surface area contributed by atoms with Crippen LogP contribution < -0.4 is 4.74 Å². The molecule has 0 bridgehead atoms. The first-order chi connectivity index (χ1) is 6.66. The monoisotopic (exact) mass is 305 g/mol. The third-order valence-corrected chi connectivity index (χ3v) is 2.83. The fourth-order valence-electron chi connectivity index (χ4n) is 1.06. The van der Waals surface area contributed by atoms with Gasteiger partial charge in [0, 0.05) is 6.07 Å². The summed E-state index contributed by atoms with van der Waals surface area (Å²) >= 11 is 2.11. The highest BCUT2D eigenvalue weighted by atomic mass is 127. The molecule has 1 saturated carbocycles. The molecule has 14 heavy (non-hydrogen) atoms. The van der Waals surface area contributed by atoms with E-state index in [0.29, 0.717) is 5.75 Å². The van der Waals surface area contributed by atoms with Gasteiger partial charge in [-0.2, -0.15) is 0 Å². The quantitative estimate of drug-likeness (QED) is 0.490. The molecular formula is C9H8INO3. The number of ether oxygens (including phenoxy) is 1. The number of nitro benzene ring substituents is 1. The van der Waals surface area contributed by atoms with Gasteiger partial charge in [0.2, 0.25) is 0 Å². The van der Waals surface area contributed by atoms with Gasteiger partial charge in [-0.3, -0.25) is 10.1 Å². The molecule has 0 N–H and O–H groups in total. The highest BCUT2D eigenvalue weighted by molar-refractivity contribution is 14.1. The Labute approximate surface area is 94.5 Å². The lowest BCUT2D eigenvalue weighted by Gasteiger charge is -2.05. The number of halogens is 1. The van der Waals surface area contributed by atoms with Crippen LogP contribution in [0, 0.1) is 13.7 Å². The number of hydrogen-bond donors (Lipinski definition) is 0. The summed E-state index contributed by atoms with van der Waals surface area (Å²) in [7, 11) is 0. The predicted octanol–water partition coefficient (Wildman–Crippen LogP) is 2.74. The molecule has 1 fully saturated rings. The van der Waals surface area contributed by atoms with Crippen LogP contribution >= 0.6 is 22.6 Å². The number of nitro groups is 1. The third-order valence-electron chi connectivity index (χ3n) is 1.94. The van der Waals surface area contributed by atoms with Crippen molar-refractivity contribution < 1.29 is 9.66 Å². The summed E-state index contributed by atoms with van der Waals surface area (Å²) in [5.74, 6) is 0.627. The molecule has 0 heterocycles. The molecule has 0 spiro atoms. The fourth-order valence-corrected chi connectivity index (χ4v) is 1.52. The van der Waals surface area contributed by atoms with E-state index in [9.17, 15) is 10.1 Å². The molecule has 0 saturated heterocycles. The van der Waals surface area contributed by atoms with Crippen LogP contribution in [-0.4, -0.2) is 11.0 Å².